The van der Waals surface area contributed by atoms with Gasteiger partial charge in [-0.1, -0.05) is 43.5 Å². The van der Waals surface area contributed by atoms with Crippen molar-refractivity contribution in [3.8, 4) is 11.5 Å². The van der Waals surface area contributed by atoms with Gasteiger partial charge in [-0.15, -0.1) is 0 Å². The summed E-state index contributed by atoms with van der Waals surface area (Å²) < 4.78 is 16.2. The second kappa shape index (κ2) is 8.13. The summed E-state index contributed by atoms with van der Waals surface area (Å²) in [5, 5.41) is 0. The summed E-state index contributed by atoms with van der Waals surface area (Å²) in [5.41, 5.74) is 5.24. The third-order valence-corrected chi connectivity index (χ3v) is 5.71. The smallest absolute Gasteiger partial charge is 0.188 e. The second-order valence-electron chi connectivity index (χ2n) is 7.36. The molecule has 0 heterocycles. The van der Waals surface area contributed by atoms with E-state index in [1.807, 2.05) is 0 Å². The van der Waals surface area contributed by atoms with Crippen molar-refractivity contribution in [3.63, 3.8) is 0 Å². The molecule has 3 heteroatoms. The number of hydrogen-bond acceptors (Lipinski definition) is 3. The minimum atomic E-state index is 0.0832. The zero-order valence-electron chi connectivity index (χ0n) is 16.4. The van der Waals surface area contributed by atoms with Gasteiger partial charge in [-0.25, -0.2) is 0 Å². The SMILES string of the molecule is COCOc1ccc(C2(c3ccc(OC)c(C)c3)CCCCC2)cc1C. The highest BCUT2D eigenvalue weighted by Crippen LogP contribution is 2.46. The number of aryl methyl sites for hydroxylation is 2. The zero-order valence-corrected chi connectivity index (χ0v) is 16.4. The first-order chi connectivity index (χ1) is 12.6. The van der Waals surface area contributed by atoms with Crippen molar-refractivity contribution in [2.24, 2.45) is 0 Å². The number of hydrogen-bond donors (Lipinski definition) is 0. The molecule has 0 aliphatic heterocycles. The van der Waals surface area contributed by atoms with Crippen molar-refractivity contribution >= 4 is 0 Å². The minimum Gasteiger partial charge on any atom is -0.496 e. The molecule has 1 aliphatic rings. The topological polar surface area (TPSA) is 27.7 Å². The normalized spacial score (nSPS) is 16.3. The molecule has 0 spiro atoms. The van der Waals surface area contributed by atoms with E-state index in [-0.39, 0.29) is 12.2 Å². The van der Waals surface area contributed by atoms with E-state index in [0.29, 0.717) is 0 Å². The number of methoxy groups -OCH3 is 2. The molecule has 1 aliphatic carbocycles. The largest absolute Gasteiger partial charge is 0.496 e. The molecule has 26 heavy (non-hydrogen) atoms. The van der Waals surface area contributed by atoms with Crippen LogP contribution in [0.4, 0.5) is 0 Å². The molecule has 2 aromatic rings. The maximum absolute atomic E-state index is 5.68. The molecule has 140 valence electrons. The van der Waals surface area contributed by atoms with Crippen LogP contribution in [0.15, 0.2) is 36.4 Å². The summed E-state index contributed by atoms with van der Waals surface area (Å²) in [6.45, 7) is 4.53. The van der Waals surface area contributed by atoms with Crippen molar-refractivity contribution in [2.75, 3.05) is 21.0 Å². The molecule has 0 unspecified atom stereocenters. The molecule has 0 saturated heterocycles. The van der Waals surface area contributed by atoms with Gasteiger partial charge in [-0.3, -0.25) is 0 Å². The Morgan fingerprint density at radius 3 is 1.88 bits per heavy atom. The zero-order chi connectivity index (χ0) is 18.6. The standard InChI is InChI=1S/C23H30O3/c1-17-14-19(8-10-21(17)25-4)23(12-6-5-7-13-23)20-9-11-22(18(2)15-20)26-16-24-3/h8-11,14-15H,5-7,12-13,16H2,1-4H3. The highest BCUT2D eigenvalue weighted by Gasteiger charge is 2.36. The maximum atomic E-state index is 5.68. The molecule has 1 fully saturated rings. The molecular weight excluding hydrogens is 324 g/mol. The highest BCUT2D eigenvalue weighted by atomic mass is 16.7. The predicted octanol–water partition coefficient (Wildman–Crippen LogP) is 5.54. The van der Waals surface area contributed by atoms with Gasteiger partial charge >= 0.3 is 0 Å². The highest BCUT2D eigenvalue weighted by molar-refractivity contribution is 5.48. The van der Waals surface area contributed by atoms with Crippen LogP contribution in [0.1, 0.15) is 54.4 Å². The van der Waals surface area contributed by atoms with Gasteiger partial charge in [0, 0.05) is 12.5 Å². The van der Waals surface area contributed by atoms with Crippen LogP contribution >= 0.6 is 0 Å². The van der Waals surface area contributed by atoms with E-state index in [9.17, 15) is 0 Å². The fourth-order valence-electron chi connectivity index (χ4n) is 4.31. The molecule has 3 rings (SSSR count). The van der Waals surface area contributed by atoms with Crippen LogP contribution in [-0.2, 0) is 10.2 Å². The summed E-state index contributed by atoms with van der Waals surface area (Å²) in [6, 6.07) is 13.3. The Kier molecular flexibility index (Phi) is 5.87. The Morgan fingerprint density at radius 1 is 0.808 bits per heavy atom. The van der Waals surface area contributed by atoms with Crippen molar-refractivity contribution in [1.29, 1.82) is 0 Å². The molecule has 0 amide bonds. The van der Waals surface area contributed by atoms with Crippen molar-refractivity contribution in [3.05, 3.63) is 58.7 Å². The van der Waals surface area contributed by atoms with E-state index >= 15 is 0 Å². The van der Waals surface area contributed by atoms with Crippen LogP contribution in [0.2, 0.25) is 0 Å². The summed E-state index contributed by atoms with van der Waals surface area (Å²) in [6.07, 6.45) is 6.25. The first kappa shape index (κ1) is 18.8. The molecule has 0 radical (unpaired) electrons. The lowest BCUT2D eigenvalue weighted by atomic mass is 9.65. The van der Waals surface area contributed by atoms with Gasteiger partial charge in [0.2, 0.25) is 0 Å². The van der Waals surface area contributed by atoms with E-state index in [1.165, 1.54) is 48.8 Å². The number of rotatable bonds is 6. The minimum absolute atomic E-state index is 0.0832. The molecule has 0 aromatic heterocycles. The lowest BCUT2D eigenvalue weighted by molar-refractivity contribution is 0.0506. The van der Waals surface area contributed by atoms with Gasteiger partial charge in [-0.05, 0) is 61.1 Å². The second-order valence-corrected chi connectivity index (χ2v) is 7.36. The van der Waals surface area contributed by atoms with Gasteiger partial charge in [0.1, 0.15) is 11.5 Å². The maximum Gasteiger partial charge on any atom is 0.188 e. The van der Waals surface area contributed by atoms with Crippen LogP contribution < -0.4 is 9.47 Å². The molecule has 0 N–H and O–H groups in total. The van der Waals surface area contributed by atoms with Crippen LogP contribution in [0.5, 0.6) is 11.5 Å². The van der Waals surface area contributed by atoms with Gasteiger partial charge in [0.25, 0.3) is 0 Å². The average Bonchev–Trinajstić information content (AvgIpc) is 2.67. The molecule has 0 bridgehead atoms. The summed E-state index contributed by atoms with van der Waals surface area (Å²) in [4.78, 5) is 0. The van der Waals surface area contributed by atoms with E-state index in [2.05, 4.69) is 50.2 Å². The lowest BCUT2D eigenvalue weighted by Crippen LogP contribution is -2.30. The summed E-state index contributed by atoms with van der Waals surface area (Å²) >= 11 is 0. The lowest BCUT2D eigenvalue weighted by Gasteiger charge is -2.39. The van der Waals surface area contributed by atoms with Crippen LogP contribution in [0, 0.1) is 13.8 Å². The Balaban J connectivity index is 2.03. The Morgan fingerprint density at radius 2 is 1.38 bits per heavy atom. The van der Waals surface area contributed by atoms with Crippen molar-refractivity contribution in [2.45, 2.75) is 51.4 Å². The average molecular weight is 354 g/mol. The van der Waals surface area contributed by atoms with Crippen LogP contribution in [0.25, 0.3) is 0 Å². The van der Waals surface area contributed by atoms with Gasteiger partial charge in [-0.2, -0.15) is 0 Å². The van der Waals surface area contributed by atoms with Gasteiger partial charge in [0.15, 0.2) is 6.79 Å². The van der Waals surface area contributed by atoms with Crippen LogP contribution in [-0.4, -0.2) is 21.0 Å². The Labute approximate surface area is 157 Å². The predicted molar refractivity (Wildman–Crippen MR) is 105 cm³/mol. The van der Waals surface area contributed by atoms with Crippen molar-refractivity contribution < 1.29 is 14.2 Å². The number of ether oxygens (including phenoxy) is 3. The number of benzene rings is 2. The van der Waals surface area contributed by atoms with E-state index in [0.717, 1.165) is 17.1 Å². The fraction of sp³-hybridized carbons (Fsp3) is 0.478. The molecular formula is C23H30O3. The monoisotopic (exact) mass is 354 g/mol. The molecule has 2 aromatic carbocycles. The molecule has 3 nitrogen and oxygen atoms in total. The van der Waals surface area contributed by atoms with E-state index < -0.39 is 0 Å². The van der Waals surface area contributed by atoms with Crippen LogP contribution in [0.3, 0.4) is 0 Å². The van der Waals surface area contributed by atoms with E-state index in [4.69, 9.17) is 14.2 Å². The summed E-state index contributed by atoms with van der Waals surface area (Å²) in [5.74, 6) is 1.85. The Hall–Kier alpha value is -2.00. The van der Waals surface area contributed by atoms with Gasteiger partial charge < -0.3 is 14.2 Å². The Bertz CT molecular complexity index is 745. The van der Waals surface area contributed by atoms with Crippen molar-refractivity contribution in [1.82, 2.24) is 0 Å². The third-order valence-electron chi connectivity index (χ3n) is 5.71. The first-order valence-electron chi connectivity index (χ1n) is 9.49. The fourth-order valence-corrected chi connectivity index (χ4v) is 4.31. The third kappa shape index (κ3) is 3.59. The first-order valence-corrected chi connectivity index (χ1v) is 9.49. The van der Waals surface area contributed by atoms with E-state index in [1.54, 1.807) is 14.2 Å². The van der Waals surface area contributed by atoms with Gasteiger partial charge in [0.05, 0.1) is 7.11 Å². The quantitative estimate of drug-likeness (QED) is 0.637. The summed E-state index contributed by atoms with van der Waals surface area (Å²) in [7, 11) is 3.38. The molecule has 1 saturated carbocycles. The molecule has 0 atom stereocenters.